The monoisotopic (exact) mass is 275 g/mol. The molecule has 1 nitrogen and oxygen atoms in total. The predicted octanol–water partition coefficient (Wildman–Crippen LogP) is 5.16. The Hall–Kier alpha value is -0.820. The minimum Gasteiger partial charge on any atom is -0.312 e. The topological polar surface area (TPSA) is 12.0 Å². The molecule has 1 rings (SSSR count). The zero-order valence-corrected chi connectivity index (χ0v) is 14.5. The third-order valence-electron chi connectivity index (χ3n) is 3.83. The van der Waals surface area contributed by atoms with E-state index < -0.39 is 0 Å². The fraction of sp³-hybridized carbons (Fsp3) is 0.684. The van der Waals surface area contributed by atoms with E-state index in [2.05, 4.69) is 78.0 Å². The molecule has 1 heteroatoms. The summed E-state index contributed by atoms with van der Waals surface area (Å²) in [6.07, 6.45) is 2.38. The van der Waals surface area contributed by atoms with E-state index in [1.54, 1.807) is 0 Å². The van der Waals surface area contributed by atoms with Crippen molar-refractivity contribution < 1.29 is 0 Å². The summed E-state index contributed by atoms with van der Waals surface area (Å²) in [5.41, 5.74) is 3.43. The van der Waals surface area contributed by atoms with Gasteiger partial charge in [-0.2, -0.15) is 0 Å². The van der Waals surface area contributed by atoms with E-state index in [9.17, 15) is 0 Å². The Bertz CT molecular complexity index is 393. The van der Waals surface area contributed by atoms with E-state index in [0.29, 0.717) is 11.3 Å². The number of hydrogen-bond acceptors (Lipinski definition) is 1. The minimum absolute atomic E-state index is 0.205. The molecule has 0 aromatic heterocycles. The van der Waals surface area contributed by atoms with Crippen molar-refractivity contribution in [1.29, 1.82) is 0 Å². The first-order valence-electron chi connectivity index (χ1n) is 7.93. The molecule has 0 aliphatic heterocycles. The van der Waals surface area contributed by atoms with E-state index in [-0.39, 0.29) is 5.54 Å². The molecule has 0 amide bonds. The van der Waals surface area contributed by atoms with Crippen LogP contribution in [0.3, 0.4) is 0 Å². The lowest BCUT2D eigenvalue weighted by molar-refractivity contribution is 0.273. The summed E-state index contributed by atoms with van der Waals surface area (Å²) in [6, 6.07) is 9.14. The van der Waals surface area contributed by atoms with Gasteiger partial charge in [-0.3, -0.25) is 0 Å². The normalized spacial score (nSPS) is 13.0. The van der Waals surface area contributed by atoms with E-state index in [0.717, 1.165) is 13.0 Å². The van der Waals surface area contributed by atoms with Gasteiger partial charge in [0.15, 0.2) is 0 Å². The molecule has 1 aromatic carbocycles. The molecule has 0 saturated heterocycles. The van der Waals surface area contributed by atoms with E-state index in [1.165, 1.54) is 17.5 Å². The van der Waals surface area contributed by atoms with E-state index in [1.807, 2.05) is 0 Å². The van der Waals surface area contributed by atoms with Gasteiger partial charge in [-0.15, -0.1) is 0 Å². The third-order valence-corrected chi connectivity index (χ3v) is 3.83. The molecular weight excluding hydrogens is 242 g/mol. The fourth-order valence-electron chi connectivity index (χ4n) is 2.14. The summed E-state index contributed by atoms with van der Waals surface area (Å²) in [5.74, 6) is 0.622. The number of aryl methyl sites for hydroxylation is 1. The number of rotatable bonds is 6. The Balaban J connectivity index is 2.49. The highest BCUT2D eigenvalue weighted by molar-refractivity contribution is 5.24. The highest BCUT2D eigenvalue weighted by Crippen LogP contribution is 2.24. The molecule has 20 heavy (non-hydrogen) atoms. The fourth-order valence-corrected chi connectivity index (χ4v) is 2.14. The minimum atomic E-state index is 0.205. The molecule has 0 saturated carbocycles. The maximum absolute atomic E-state index is 3.62. The third kappa shape index (κ3) is 6.56. The predicted molar refractivity (Wildman–Crippen MR) is 90.4 cm³/mol. The van der Waals surface area contributed by atoms with Crippen LogP contribution in [0.1, 0.15) is 71.9 Å². The summed E-state index contributed by atoms with van der Waals surface area (Å²) < 4.78 is 0. The molecule has 114 valence electrons. The molecule has 0 spiro atoms. The van der Waals surface area contributed by atoms with Gasteiger partial charge in [0, 0.05) is 12.1 Å². The van der Waals surface area contributed by atoms with Crippen LogP contribution in [0.4, 0.5) is 0 Å². The molecule has 0 atom stereocenters. The van der Waals surface area contributed by atoms with Gasteiger partial charge in [0.05, 0.1) is 0 Å². The molecule has 0 bridgehead atoms. The molecule has 0 aliphatic carbocycles. The summed E-state index contributed by atoms with van der Waals surface area (Å²) in [4.78, 5) is 0. The molecule has 1 N–H and O–H groups in total. The molecule has 0 unspecified atom stereocenters. The zero-order chi connectivity index (χ0) is 15.4. The van der Waals surface area contributed by atoms with Crippen LogP contribution < -0.4 is 5.32 Å². The largest absolute Gasteiger partial charge is 0.312 e. The molecular formula is C19H33N. The van der Waals surface area contributed by atoms with Crippen LogP contribution in [0.5, 0.6) is 0 Å². The van der Waals surface area contributed by atoms with Crippen LogP contribution in [0.15, 0.2) is 24.3 Å². The number of nitrogens with one attached hydrogen (secondary N) is 1. The summed E-state index contributed by atoms with van der Waals surface area (Å²) in [6.45, 7) is 17.0. The van der Waals surface area contributed by atoms with Crippen LogP contribution >= 0.6 is 0 Å². The van der Waals surface area contributed by atoms with E-state index >= 15 is 0 Å². The van der Waals surface area contributed by atoms with Crippen LogP contribution in [0.2, 0.25) is 0 Å². The Kier molecular flexibility index (Phi) is 5.82. The molecule has 0 heterocycles. The Morgan fingerprint density at radius 3 is 1.95 bits per heavy atom. The van der Waals surface area contributed by atoms with Gasteiger partial charge in [-0.1, -0.05) is 52.0 Å². The lowest BCUT2D eigenvalue weighted by atomic mass is 9.85. The lowest BCUT2D eigenvalue weighted by Crippen LogP contribution is -2.42. The van der Waals surface area contributed by atoms with Crippen molar-refractivity contribution in [2.75, 3.05) is 6.54 Å². The lowest BCUT2D eigenvalue weighted by Gasteiger charge is -2.30. The standard InChI is InChI=1S/C19H33N/c1-15(2)17-10-8-16(9-11-17)12-13-19(6,7)14-20-18(3,4)5/h8-11,15,20H,12-14H2,1-7H3. The molecule has 1 aromatic rings. The van der Waals surface area contributed by atoms with Crippen molar-refractivity contribution >= 4 is 0 Å². The maximum Gasteiger partial charge on any atom is 0.00967 e. The Labute approximate surface area is 126 Å². The highest BCUT2D eigenvalue weighted by Gasteiger charge is 2.20. The Morgan fingerprint density at radius 2 is 1.50 bits per heavy atom. The van der Waals surface area contributed by atoms with Gasteiger partial charge in [0.2, 0.25) is 0 Å². The highest BCUT2D eigenvalue weighted by atomic mass is 14.9. The SMILES string of the molecule is CC(C)c1ccc(CCC(C)(C)CNC(C)(C)C)cc1. The van der Waals surface area contributed by atoms with Gasteiger partial charge in [-0.05, 0) is 56.1 Å². The average Bonchev–Trinajstić information content (AvgIpc) is 2.34. The summed E-state index contributed by atoms with van der Waals surface area (Å²) >= 11 is 0. The van der Waals surface area contributed by atoms with Crippen molar-refractivity contribution in [1.82, 2.24) is 5.32 Å². The van der Waals surface area contributed by atoms with Crippen molar-refractivity contribution in [2.24, 2.45) is 5.41 Å². The van der Waals surface area contributed by atoms with Gasteiger partial charge in [0.25, 0.3) is 0 Å². The van der Waals surface area contributed by atoms with Gasteiger partial charge in [0.1, 0.15) is 0 Å². The van der Waals surface area contributed by atoms with Crippen LogP contribution in [-0.2, 0) is 6.42 Å². The summed E-state index contributed by atoms with van der Waals surface area (Å²) in [5, 5.41) is 3.62. The van der Waals surface area contributed by atoms with Crippen molar-refractivity contribution in [3.05, 3.63) is 35.4 Å². The van der Waals surface area contributed by atoms with Crippen LogP contribution in [0.25, 0.3) is 0 Å². The second-order valence-corrected chi connectivity index (χ2v) is 8.16. The smallest absolute Gasteiger partial charge is 0.00967 e. The van der Waals surface area contributed by atoms with Crippen molar-refractivity contribution in [3.8, 4) is 0 Å². The maximum atomic E-state index is 3.62. The second kappa shape index (κ2) is 6.76. The van der Waals surface area contributed by atoms with Crippen LogP contribution in [0, 0.1) is 5.41 Å². The van der Waals surface area contributed by atoms with E-state index in [4.69, 9.17) is 0 Å². The molecule has 0 radical (unpaired) electrons. The zero-order valence-electron chi connectivity index (χ0n) is 14.5. The first-order chi connectivity index (χ1) is 9.09. The first kappa shape index (κ1) is 17.2. The van der Waals surface area contributed by atoms with Crippen molar-refractivity contribution in [3.63, 3.8) is 0 Å². The molecule has 0 aliphatic rings. The van der Waals surface area contributed by atoms with Crippen molar-refractivity contribution in [2.45, 2.75) is 72.8 Å². The second-order valence-electron chi connectivity index (χ2n) is 8.16. The molecule has 0 fully saturated rings. The Morgan fingerprint density at radius 1 is 0.950 bits per heavy atom. The quantitative estimate of drug-likeness (QED) is 0.756. The average molecular weight is 275 g/mol. The number of benzene rings is 1. The van der Waals surface area contributed by atoms with Gasteiger partial charge < -0.3 is 5.32 Å². The summed E-state index contributed by atoms with van der Waals surface area (Å²) in [7, 11) is 0. The van der Waals surface area contributed by atoms with Gasteiger partial charge >= 0.3 is 0 Å². The first-order valence-corrected chi connectivity index (χ1v) is 7.93. The van der Waals surface area contributed by atoms with Gasteiger partial charge in [-0.25, -0.2) is 0 Å². The van der Waals surface area contributed by atoms with Crippen LogP contribution in [-0.4, -0.2) is 12.1 Å². The number of hydrogen-bond donors (Lipinski definition) is 1.